The van der Waals surface area contributed by atoms with Crippen LogP contribution in [0.5, 0.6) is 17.2 Å². The summed E-state index contributed by atoms with van der Waals surface area (Å²) in [6.07, 6.45) is 0. The van der Waals surface area contributed by atoms with Crippen LogP contribution < -0.4 is 24.8 Å². The lowest BCUT2D eigenvalue weighted by molar-refractivity contribution is 0.174. The van der Waals surface area contributed by atoms with Gasteiger partial charge < -0.3 is 24.4 Å². The Labute approximate surface area is 126 Å². The molecule has 0 unspecified atom stereocenters. The fraction of sp³-hybridized carbons (Fsp3) is 0.333. The Morgan fingerprint density at radius 2 is 2.19 bits per heavy atom. The van der Waals surface area contributed by atoms with E-state index in [0.717, 1.165) is 0 Å². The number of nitrogens with one attached hydrogen (secondary N) is 3. The standard InChI is InChI=1S/C12H15ClN4O4/c1-17(2)11(14)16-12(18)15-9-6(19-3)4-7-10(8(9)13)21-5-20-7/h4H,5H2,1-3H3,(H3,14,15,16,18). The van der Waals surface area contributed by atoms with Crippen LogP contribution in [0.4, 0.5) is 10.5 Å². The molecule has 1 aliphatic heterocycles. The molecule has 1 aliphatic rings. The van der Waals surface area contributed by atoms with E-state index in [1.54, 1.807) is 20.2 Å². The minimum Gasteiger partial charge on any atom is -0.494 e. The van der Waals surface area contributed by atoms with Gasteiger partial charge in [0, 0.05) is 20.2 Å². The molecule has 1 heterocycles. The Bertz CT molecular complexity index is 591. The number of rotatable bonds is 2. The number of anilines is 1. The summed E-state index contributed by atoms with van der Waals surface area (Å²) in [5, 5.41) is 12.6. The number of amides is 2. The molecule has 0 radical (unpaired) electrons. The van der Waals surface area contributed by atoms with E-state index in [9.17, 15) is 4.79 Å². The zero-order chi connectivity index (χ0) is 15.6. The van der Waals surface area contributed by atoms with Gasteiger partial charge in [0.2, 0.25) is 6.79 Å². The lowest BCUT2D eigenvalue weighted by Crippen LogP contribution is -2.41. The number of halogens is 1. The first-order valence-electron chi connectivity index (χ1n) is 5.94. The summed E-state index contributed by atoms with van der Waals surface area (Å²) in [5.41, 5.74) is 0.243. The van der Waals surface area contributed by atoms with Crippen LogP contribution in [-0.4, -0.2) is 44.9 Å². The Hall–Kier alpha value is -2.35. The van der Waals surface area contributed by atoms with Crippen LogP contribution in [0.2, 0.25) is 5.02 Å². The van der Waals surface area contributed by atoms with Gasteiger partial charge in [-0.05, 0) is 0 Å². The van der Waals surface area contributed by atoms with E-state index in [1.807, 2.05) is 0 Å². The van der Waals surface area contributed by atoms with Gasteiger partial charge in [0.05, 0.1) is 7.11 Å². The zero-order valence-electron chi connectivity index (χ0n) is 11.7. The number of carbonyl (C=O) groups excluding carboxylic acids is 1. The molecule has 1 aromatic rings. The second kappa shape index (κ2) is 5.96. The highest BCUT2D eigenvalue weighted by atomic mass is 35.5. The SMILES string of the molecule is COc1cc2c(c(Cl)c1NC(=O)NC(=N)N(C)C)OCO2. The molecular weight excluding hydrogens is 300 g/mol. The number of hydrogen-bond acceptors (Lipinski definition) is 5. The van der Waals surface area contributed by atoms with Gasteiger partial charge >= 0.3 is 6.03 Å². The fourth-order valence-corrected chi connectivity index (χ4v) is 1.91. The molecule has 0 aliphatic carbocycles. The summed E-state index contributed by atoms with van der Waals surface area (Å²) in [4.78, 5) is 13.3. The van der Waals surface area contributed by atoms with Crippen molar-refractivity contribution in [3.8, 4) is 17.2 Å². The number of urea groups is 1. The summed E-state index contributed by atoms with van der Waals surface area (Å²) in [6.45, 7) is 0.0547. The molecule has 0 bridgehead atoms. The largest absolute Gasteiger partial charge is 0.494 e. The van der Waals surface area contributed by atoms with E-state index in [-0.39, 0.29) is 23.5 Å². The minimum atomic E-state index is -0.618. The van der Waals surface area contributed by atoms with E-state index in [0.29, 0.717) is 17.2 Å². The van der Waals surface area contributed by atoms with Gasteiger partial charge in [-0.1, -0.05) is 11.6 Å². The van der Waals surface area contributed by atoms with Gasteiger partial charge in [-0.3, -0.25) is 10.7 Å². The Balaban J connectivity index is 2.23. The number of benzene rings is 1. The summed E-state index contributed by atoms with van der Waals surface area (Å²) in [5.74, 6) is 1.05. The average molecular weight is 315 g/mol. The molecule has 3 N–H and O–H groups in total. The predicted molar refractivity (Wildman–Crippen MR) is 77.7 cm³/mol. The molecule has 0 saturated carbocycles. The number of guanidine groups is 1. The Kier molecular flexibility index (Phi) is 4.27. The summed E-state index contributed by atoms with van der Waals surface area (Å²) in [6, 6.07) is 0.953. The molecule has 0 fully saturated rings. The summed E-state index contributed by atoms with van der Waals surface area (Å²) in [7, 11) is 4.71. The van der Waals surface area contributed by atoms with E-state index < -0.39 is 6.03 Å². The van der Waals surface area contributed by atoms with Crippen molar-refractivity contribution >= 4 is 29.3 Å². The highest BCUT2D eigenvalue weighted by Crippen LogP contribution is 2.48. The third kappa shape index (κ3) is 3.05. The van der Waals surface area contributed by atoms with Crippen molar-refractivity contribution in [1.29, 1.82) is 5.41 Å². The third-order valence-corrected chi connectivity index (χ3v) is 3.07. The van der Waals surface area contributed by atoms with E-state index >= 15 is 0 Å². The van der Waals surface area contributed by atoms with Crippen molar-refractivity contribution in [2.45, 2.75) is 0 Å². The number of ether oxygens (including phenoxy) is 3. The number of methoxy groups -OCH3 is 1. The van der Waals surface area contributed by atoms with Gasteiger partial charge in [-0.2, -0.15) is 0 Å². The number of hydrogen-bond donors (Lipinski definition) is 3. The van der Waals surface area contributed by atoms with Gasteiger partial charge in [0.25, 0.3) is 0 Å². The van der Waals surface area contributed by atoms with Gasteiger partial charge in [0.15, 0.2) is 17.5 Å². The maximum atomic E-state index is 11.9. The van der Waals surface area contributed by atoms with Crippen LogP contribution in [-0.2, 0) is 0 Å². The predicted octanol–water partition coefficient (Wildman–Crippen LogP) is 1.70. The van der Waals surface area contributed by atoms with Crippen molar-refractivity contribution in [2.75, 3.05) is 33.3 Å². The van der Waals surface area contributed by atoms with Crippen molar-refractivity contribution in [1.82, 2.24) is 10.2 Å². The molecule has 8 nitrogen and oxygen atoms in total. The van der Waals surface area contributed by atoms with Gasteiger partial charge in [-0.25, -0.2) is 4.79 Å². The van der Waals surface area contributed by atoms with Crippen molar-refractivity contribution in [2.24, 2.45) is 0 Å². The maximum Gasteiger partial charge on any atom is 0.326 e. The Morgan fingerprint density at radius 3 is 2.81 bits per heavy atom. The zero-order valence-corrected chi connectivity index (χ0v) is 12.5. The number of nitrogens with zero attached hydrogens (tertiary/aromatic N) is 1. The summed E-state index contributed by atoms with van der Waals surface area (Å²) >= 11 is 6.19. The number of fused-ring (bicyclic) bond motifs is 1. The first kappa shape index (κ1) is 15.0. The van der Waals surface area contributed by atoms with Crippen LogP contribution in [0.25, 0.3) is 0 Å². The quantitative estimate of drug-likeness (QED) is 0.570. The lowest BCUT2D eigenvalue weighted by atomic mass is 10.2. The second-order valence-corrected chi connectivity index (χ2v) is 4.70. The van der Waals surface area contributed by atoms with Crippen LogP contribution >= 0.6 is 11.6 Å². The first-order valence-corrected chi connectivity index (χ1v) is 6.31. The van der Waals surface area contributed by atoms with Crippen LogP contribution in [0.3, 0.4) is 0 Å². The molecule has 1 aromatic carbocycles. The van der Waals surface area contributed by atoms with Crippen molar-refractivity contribution in [3.63, 3.8) is 0 Å². The van der Waals surface area contributed by atoms with Gasteiger partial charge in [0.1, 0.15) is 16.5 Å². The molecular formula is C12H15ClN4O4. The average Bonchev–Trinajstić information content (AvgIpc) is 2.89. The molecule has 0 atom stereocenters. The van der Waals surface area contributed by atoms with Gasteiger partial charge in [-0.15, -0.1) is 0 Å². The van der Waals surface area contributed by atoms with Crippen LogP contribution in [0.1, 0.15) is 0 Å². The number of carbonyl (C=O) groups is 1. The topological polar surface area (TPSA) is 95.9 Å². The molecule has 2 amide bonds. The van der Waals surface area contributed by atoms with E-state index in [4.69, 9.17) is 31.2 Å². The molecule has 0 saturated heterocycles. The lowest BCUT2D eigenvalue weighted by Gasteiger charge is -2.17. The molecule has 0 spiro atoms. The smallest absolute Gasteiger partial charge is 0.326 e. The van der Waals surface area contributed by atoms with E-state index in [1.165, 1.54) is 12.0 Å². The molecule has 21 heavy (non-hydrogen) atoms. The maximum absolute atomic E-state index is 11.9. The molecule has 9 heteroatoms. The van der Waals surface area contributed by atoms with Crippen LogP contribution in [0.15, 0.2) is 6.07 Å². The third-order valence-electron chi connectivity index (χ3n) is 2.71. The van der Waals surface area contributed by atoms with E-state index in [2.05, 4.69) is 10.6 Å². The molecule has 0 aromatic heterocycles. The monoisotopic (exact) mass is 314 g/mol. The highest BCUT2D eigenvalue weighted by molar-refractivity contribution is 6.36. The van der Waals surface area contributed by atoms with Crippen molar-refractivity contribution in [3.05, 3.63) is 11.1 Å². The minimum absolute atomic E-state index is 0.0547. The first-order chi connectivity index (χ1) is 9.93. The summed E-state index contributed by atoms with van der Waals surface area (Å²) < 4.78 is 15.6. The van der Waals surface area contributed by atoms with Crippen LogP contribution in [0, 0.1) is 5.41 Å². The molecule has 2 rings (SSSR count). The second-order valence-electron chi connectivity index (χ2n) is 4.32. The highest BCUT2D eigenvalue weighted by Gasteiger charge is 2.25. The van der Waals surface area contributed by atoms with Crippen molar-refractivity contribution < 1.29 is 19.0 Å². The normalized spacial score (nSPS) is 11.8. The molecule has 114 valence electrons. The fourth-order valence-electron chi connectivity index (χ4n) is 1.62. The Morgan fingerprint density at radius 1 is 1.48 bits per heavy atom.